The van der Waals surface area contributed by atoms with Crippen molar-refractivity contribution in [2.75, 3.05) is 29.9 Å². The lowest BCUT2D eigenvalue weighted by Gasteiger charge is -2.30. The van der Waals surface area contributed by atoms with Crippen LogP contribution in [0.4, 0.5) is 11.5 Å². The third-order valence-corrected chi connectivity index (χ3v) is 6.40. The van der Waals surface area contributed by atoms with Gasteiger partial charge in [-0.05, 0) is 79.4 Å². The topological polar surface area (TPSA) is 76.6 Å². The Labute approximate surface area is 217 Å². The molecule has 1 N–H and O–H groups in total. The molecule has 1 aliphatic rings. The molecule has 37 heavy (non-hydrogen) atoms. The molecule has 0 bridgehead atoms. The van der Waals surface area contributed by atoms with Gasteiger partial charge in [-0.25, -0.2) is 0 Å². The van der Waals surface area contributed by atoms with Crippen LogP contribution in [0.3, 0.4) is 0 Å². The number of anilines is 2. The molecule has 1 saturated heterocycles. The quantitative estimate of drug-likeness (QED) is 0.315. The third kappa shape index (κ3) is 6.64. The maximum absolute atomic E-state index is 12.4. The summed E-state index contributed by atoms with van der Waals surface area (Å²) in [5.41, 5.74) is 2.43. The zero-order valence-electron chi connectivity index (χ0n) is 20.8. The second kappa shape index (κ2) is 11.6. The first-order valence-electron chi connectivity index (χ1n) is 12.6. The summed E-state index contributed by atoms with van der Waals surface area (Å²) in [7, 11) is 0. The van der Waals surface area contributed by atoms with E-state index < -0.39 is 0 Å². The highest BCUT2D eigenvalue weighted by Crippen LogP contribution is 2.25. The number of amides is 1. The lowest BCUT2D eigenvalue weighted by molar-refractivity contribution is -0.118. The number of ether oxygens (including phenoxy) is 2. The molecule has 0 atom stereocenters. The molecule has 1 aromatic heterocycles. The van der Waals surface area contributed by atoms with Crippen LogP contribution in [-0.2, 0) is 4.79 Å². The second-order valence-electron chi connectivity index (χ2n) is 9.25. The molecule has 3 aromatic carbocycles. The lowest BCUT2D eigenvalue weighted by Crippen LogP contribution is -2.33. The Hall–Kier alpha value is -4.39. The maximum Gasteiger partial charge on any atom is 0.262 e. The van der Waals surface area contributed by atoms with E-state index in [-0.39, 0.29) is 12.5 Å². The van der Waals surface area contributed by atoms with E-state index in [9.17, 15) is 4.79 Å². The minimum Gasteiger partial charge on any atom is -0.484 e. The van der Waals surface area contributed by atoms with Gasteiger partial charge in [0.25, 0.3) is 5.91 Å². The highest BCUT2D eigenvalue weighted by Gasteiger charge is 2.17. The first-order valence-corrected chi connectivity index (χ1v) is 12.6. The predicted octanol–water partition coefficient (Wildman–Crippen LogP) is 6.19. The Morgan fingerprint density at radius 1 is 0.838 bits per heavy atom. The smallest absolute Gasteiger partial charge is 0.262 e. The fourth-order valence-electron chi connectivity index (χ4n) is 4.18. The van der Waals surface area contributed by atoms with E-state index in [1.54, 1.807) is 24.3 Å². The van der Waals surface area contributed by atoms with Crippen LogP contribution >= 0.6 is 0 Å². The van der Waals surface area contributed by atoms with Crippen LogP contribution in [0, 0.1) is 5.92 Å². The number of piperidine rings is 1. The summed E-state index contributed by atoms with van der Waals surface area (Å²) in [6, 6.07) is 28.3. The normalized spacial score (nSPS) is 13.7. The maximum atomic E-state index is 12.4. The largest absolute Gasteiger partial charge is 0.484 e. The molecule has 0 radical (unpaired) electrons. The van der Waals surface area contributed by atoms with Crippen molar-refractivity contribution in [2.24, 2.45) is 5.92 Å². The van der Waals surface area contributed by atoms with Crippen molar-refractivity contribution in [3.63, 3.8) is 0 Å². The number of hydrogen-bond donors (Lipinski definition) is 1. The summed E-state index contributed by atoms with van der Waals surface area (Å²) in [6.45, 7) is 4.26. The van der Waals surface area contributed by atoms with Gasteiger partial charge in [-0.1, -0.05) is 37.3 Å². The average molecular weight is 495 g/mol. The highest BCUT2D eigenvalue weighted by atomic mass is 16.5. The summed E-state index contributed by atoms with van der Waals surface area (Å²) in [4.78, 5) is 14.7. The van der Waals surface area contributed by atoms with Crippen LogP contribution in [0.25, 0.3) is 11.3 Å². The zero-order chi connectivity index (χ0) is 25.5. The van der Waals surface area contributed by atoms with Crippen LogP contribution in [-0.4, -0.2) is 35.8 Å². The molecule has 0 unspecified atom stereocenters. The number of carbonyl (C=O) groups excluding carboxylic acids is 1. The van der Waals surface area contributed by atoms with E-state index in [2.05, 4.69) is 27.3 Å². The fraction of sp³-hybridized carbons (Fsp3) is 0.233. The van der Waals surface area contributed by atoms with Crippen LogP contribution in [0.1, 0.15) is 19.8 Å². The minimum atomic E-state index is -0.239. The number of carbonyl (C=O) groups is 1. The number of benzene rings is 3. The van der Waals surface area contributed by atoms with Crippen molar-refractivity contribution < 1.29 is 14.3 Å². The van der Waals surface area contributed by atoms with Crippen molar-refractivity contribution in [2.45, 2.75) is 19.8 Å². The lowest BCUT2D eigenvalue weighted by atomic mass is 9.99. The van der Waals surface area contributed by atoms with E-state index in [0.29, 0.717) is 17.2 Å². The SMILES string of the molecule is CC1CCN(c2ccc(-c3ccc(NC(=O)COc4ccc(Oc5ccccc5)cc4)cc3)nn2)CC1. The molecule has 5 rings (SSSR count). The van der Waals surface area contributed by atoms with E-state index in [4.69, 9.17) is 9.47 Å². The highest BCUT2D eigenvalue weighted by molar-refractivity contribution is 5.92. The van der Waals surface area contributed by atoms with Gasteiger partial charge in [-0.2, -0.15) is 0 Å². The molecular formula is C30H30N4O3. The third-order valence-electron chi connectivity index (χ3n) is 6.40. The van der Waals surface area contributed by atoms with Crippen LogP contribution in [0.2, 0.25) is 0 Å². The molecule has 4 aromatic rings. The summed E-state index contributed by atoms with van der Waals surface area (Å²) in [5, 5.41) is 11.7. The van der Waals surface area contributed by atoms with Gasteiger partial charge in [-0.15, -0.1) is 10.2 Å². The van der Waals surface area contributed by atoms with Crippen molar-refractivity contribution in [3.05, 3.63) is 91.0 Å². The van der Waals surface area contributed by atoms with Gasteiger partial charge in [0.1, 0.15) is 17.2 Å². The second-order valence-corrected chi connectivity index (χ2v) is 9.25. The Kier molecular flexibility index (Phi) is 7.60. The van der Waals surface area contributed by atoms with Crippen molar-refractivity contribution in [1.82, 2.24) is 10.2 Å². The molecule has 7 nitrogen and oxygen atoms in total. The standard InChI is InChI=1S/C30H30N4O3/c1-22-17-19-34(20-18-22)29-16-15-28(32-33-29)23-7-9-24(10-8-23)31-30(35)21-36-25-11-13-27(14-12-25)37-26-5-3-2-4-6-26/h2-16,22H,17-21H2,1H3,(H,31,35). The predicted molar refractivity (Wildman–Crippen MR) is 145 cm³/mol. The number of hydrogen-bond acceptors (Lipinski definition) is 6. The molecule has 7 heteroatoms. The number of nitrogens with zero attached hydrogens (tertiary/aromatic N) is 3. The Balaban J connectivity index is 1.10. The number of nitrogens with one attached hydrogen (secondary N) is 1. The van der Waals surface area contributed by atoms with E-state index in [1.807, 2.05) is 66.7 Å². The molecule has 0 aliphatic carbocycles. The molecule has 1 fully saturated rings. The fourth-order valence-corrected chi connectivity index (χ4v) is 4.18. The van der Waals surface area contributed by atoms with Crippen molar-refractivity contribution in [1.29, 1.82) is 0 Å². The van der Waals surface area contributed by atoms with Gasteiger partial charge in [0.15, 0.2) is 12.4 Å². The van der Waals surface area contributed by atoms with Crippen LogP contribution in [0.5, 0.6) is 17.2 Å². The van der Waals surface area contributed by atoms with Crippen LogP contribution < -0.4 is 19.7 Å². The number of aromatic nitrogens is 2. The Bertz CT molecular complexity index is 1290. The average Bonchev–Trinajstić information content (AvgIpc) is 2.94. The number of rotatable bonds is 8. The molecule has 188 valence electrons. The molecule has 1 amide bonds. The molecule has 2 heterocycles. The summed E-state index contributed by atoms with van der Waals surface area (Å²) in [6.07, 6.45) is 2.38. The van der Waals surface area contributed by atoms with Crippen molar-refractivity contribution in [3.8, 4) is 28.5 Å². The van der Waals surface area contributed by atoms with E-state index >= 15 is 0 Å². The number of para-hydroxylation sites is 1. The molecule has 0 spiro atoms. The first-order chi connectivity index (χ1) is 18.1. The summed E-state index contributed by atoms with van der Waals surface area (Å²) < 4.78 is 11.4. The van der Waals surface area contributed by atoms with Gasteiger partial charge < -0.3 is 19.7 Å². The van der Waals surface area contributed by atoms with Crippen molar-refractivity contribution >= 4 is 17.4 Å². The minimum absolute atomic E-state index is 0.0944. The molecule has 0 saturated carbocycles. The Morgan fingerprint density at radius 3 is 2.19 bits per heavy atom. The monoisotopic (exact) mass is 494 g/mol. The Morgan fingerprint density at radius 2 is 1.51 bits per heavy atom. The molecule has 1 aliphatic heterocycles. The van der Waals surface area contributed by atoms with E-state index in [0.717, 1.165) is 41.8 Å². The summed E-state index contributed by atoms with van der Waals surface area (Å²) >= 11 is 0. The zero-order valence-corrected chi connectivity index (χ0v) is 20.8. The summed E-state index contributed by atoms with van der Waals surface area (Å²) in [5.74, 6) is 3.52. The van der Waals surface area contributed by atoms with Crippen LogP contribution in [0.15, 0.2) is 91.0 Å². The van der Waals surface area contributed by atoms with Gasteiger partial charge >= 0.3 is 0 Å². The van der Waals surface area contributed by atoms with Gasteiger partial charge in [-0.3, -0.25) is 4.79 Å². The van der Waals surface area contributed by atoms with Gasteiger partial charge in [0.05, 0.1) is 5.69 Å². The van der Waals surface area contributed by atoms with E-state index in [1.165, 1.54) is 12.8 Å². The first kappa shape index (κ1) is 24.3. The van der Waals surface area contributed by atoms with Gasteiger partial charge in [0, 0.05) is 24.3 Å². The molecular weight excluding hydrogens is 464 g/mol. The van der Waals surface area contributed by atoms with Gasteiger partial charge in [0.2, 0.25) is 0 Å².